The first kappa shape index (κ1) is 15.6. The second kappa shape index (κ2) is 6.60. The van der Waals surface area contributed by atoms with E-state index in [0.717, 1.165) is 0 Å². The van der Waals surface area contributed by atoms with Gasteiger partial charge < -0.3 is 0 Å². The van der Waals surface area contributed by atoms with E-state index in [-0.39, 0.29) is 16.1 Å². The van der Waals surface area contributed by atoms with Crippen molar-refractivity contribution in [2.45, 2.75) is 24.3 Å². The average Bonchev–Trinajstić information content (AvgIpc) is 2.26. The molecule has 0 bridgehead atoms. The molecule has 0 aliphatic carbocycles. The molecule has 5 nitrogen and oxygen atoms in total. The topological polar surface area (TPSA) is 76.1 Å². The molecular weight excluding hydrogens is 296 g/mol. The lowest BCUT2D eigenvalue weighted by Crippen LogP contribution is -2.33. The fourth-order valence-electron chi connectivity index (χ4n) is 1.26. The summed E-state index contributed by atoms with van der Waals surface area (Å²) in [6.07, 6.45) is 3.31. The molecular formula is C10H15ClN2O3S2. The van der Waals surface area contributed by atoms with E-state index in [1.54, 1.807) is 13.2 Å². The lowest BCUT2D eigenvalue weighted by molar-refractivity contribution is 0.555. The maximum absolute atomic E-state index is 11.9. The van der Waals surface area contributed by atoms with Crippen molar-refractivity contribution in [3.8, 4) is 0 Å². The van der Waals surface area contributed by atoms with E-state index < -0.39 is 20.8 Å². The largest absolute Gasteiger partial charge is 0.260 e. The molecule has 2 atom stereocenters. The van der Waals surface area contributed by atoms with Crippen LogP contribution in [-0.4, -0.2) is 35.7 Å². The first-order valence-corrected chi connectivity index (χ1v) is 8.84. The van der Waals surface area contributed by atoms with Crippen LogP contribution < -0.4 is 4.72 Å². The third-order valence-corrected chi connectivity index (χ3v) is 4.81. The Kier molecular flexibility index (Phi) is 5.71. The van der Waals surface area contributed by atoms with Gasteiger partial charge in [-0.3, -0.25) is 4.21 Å². The summed E-state index contributed by atoms with van der Waals surface area (Å²) >= 11 is 5.59. The van der Waals surface area contributed by atoms with Crippen LogP contribution in [0.3, 0.4) is 0 Å². The molecule has 0 aliphatic rings. The van der Waals surface area contributed by atoms with Gasteiger partial charge in [0.25, 0.3) is 0 Å². The molecule has 1 aromatic rings. The van der Waals surface area contributed by atoms with Crippen LogP contribution in [-0.2, 0) is 20.8 Å². The van der Waals surface area contributed by atoms with Crippen molar-refractivity contribution in [1.82, 2.24) is 9.71 Å². The van der Waals surface area contributed by atoms with Crippen molar-refractivity contribution < 1.29 is 12.6 Å². The standard InChI is InChI=1S/C10H15ClN2O3S2/c1-8(5-6-17(2)14)13-18(15,16)9-3-4-10(11)12-7-9/h3-4,7-8,13H,5-6H2,1-2H3. The molecule has 18 heavy (non-hydrogen) atoms. The Labute approximate surface area is 114 Å². The zero-order valence-corrected chi connectivity index (χ0v) is 12.5. The molecule has 0 spiro atoms. The summed E-state index contributed by atoms with van der Waals surface area (Å²) in [5, 5.41) is 0.239. The molecule has 0 radical (unpaired) electrons. The quantitative estimate of drug-likeness (QED) is 0.800. The maximum Gasteiger partial charge on any atom is 0.242 e. The van der Waals surface area contributed by atoms with Gasteiger partial charge in [-0.2, -0.15) is 0 Å². The van der Waals surface area contributed by atoms with Gasteiger partial charge in [-0.15, -0.1) is 0 Å². The summed E-state index contributed by atoms with van der Waals surface area (Å²) in [7, 11) is -4.52. The third-order valence-electron chi connectivity index (χ3n) is 2.21. The average molecular weight is 311 g/mol. The van der Waals surface area contributed by atoms with Crippen LogP contribution in [0.4, 0.5) is 0 Å². The summed E-state index contributed by atoms with van der Waals surface area (Å²) < 4.78 is 37.3. The first-order valence-electron chi connectivity index (χ1n) is 5.25. The second-order valence-corrected chi connectivity index (χ2v) is 7.56. The number of hydrogen-bond acceptors (Lipinski definition) is 4. The minimum absolute atomic E-state index is 0.0661. The Balaban J connectivity index is 2.70. The minimum atomic E-state index is -3.59. The number of aromatic nitrogens is 1. The summed E-state index contributed by atoms with van der Waals surface area (Å²) in [5.74, 6) is 0.461. The van der Waals surface area contributed by atoms with Crippen LogP contribution >= 0.6 is 11.6 Å². The molecule has 0 aliphatic heterocycles. The zero-order chi connectivity index (χ0) is 13.8. The van der Waals surface area contributed by atoms with Crippen LogP contribution in [0, 0.1) is 0 Å². The fraction of sp³-hybridized carbons (Fsp3) is 0.500. The van der Waals surface area contributed by atoms with E-state index in [9.17, 15) is 12.6 Å². The fourth-order valence-corrected chi connectivity index (χ4v) is 3.28. The molecule has 1 rings (SSSR count). The predicted octanol–water partition coefficient (Wildman–Crippen LogP) is 1.17. The van der Waals surface area contributed by atoms with Gasteiger partial charge in [-0.05, 0) is 25.5 Å². The van der Waals surface area contributed by atoms with Gasteiger partial charge in [-0.1, -0.05) is 11.6 Å². The molecule has 8 heteroatoms. The maximum atomic E-state index is 11.9. The van der Waals surface area contributed by atoms with Crippen molar-refractivity contribution in [3.05, 3.63) is 23.5 Å². The van der Waals surface area contributed by atoms with Crippen molar-refractivity contribution in [1.29, 1.82) is 0 Å². The molecule has 102 valence electrons. The molecule has 2 unspecified atom stereocenters. The highest BCUT2D eigenvalue weighted by atomic mass is 35.5. The SMILES string of the molecule is CC(CCS(C)=O)NS(=O)(=O)c1ccc(Cl)nc1. The molecule has 0 aromatic carbocycles. The minimum Gasteiger partial charge on any atom is -0.260 e. The first-order chi connectivity index (χ1) is 8.31. The van der Waals surface area contributed by atoms with Gasteiger partial charge in [0.05, 0.1) is 0 Å². The van der Waals surface area contributed by atoms with Gasteiger partial charge in [0.1, 0.15) is 10.0 Å². The number of nitrogens with zero attached hydrogens (tertiary/aromatic N) is 1. The Morgan fingerprint density at radius 2 is 2.17 bits per heavy atom. The zero-order valence-electron chi connectivity index (χ0n) is 10.1. The lowest BCUT2D eigenvalue weighted by atomic mass is 10.3. The van der Waals surface area contributed by atoms with Crippen LogP contribution in [0.1, 0.15) is 13.3 Å². The van der Waals surface area contributed by atoms with E-state index in [0.29, 0.717) is 12.2 Å². The van der Waals surface area contributed by atoms with Gasteiger partial charge >= 0.3 is 0 Å². The highest BCUT2D eigenvalue weighted by molar-refractivity contribution is 7.89. The third kappa shape index (κ3) is 5.01. The Morgan fingerprint density at radius 1 is 1.50 bits per heavy atom. The number of sulfonamides is 1. The van der Waals surface area contributed by atoms with E-state index in [1.807, 2.05) is 0 Å². The van der Waals surface area contributed by atoms with Crippen molar-refractivity contribution in [2.75, 3.05) is 12.0 Å². The highest BCUT2D eigenvalue weighted by Gasteiger charge is 2.17. The van der Waals surface area contributed by atoms with E-state index in [4.69, 9.17) is 11.6 Å². The lowest BCUT2D eigenvalue weighted by Gasteiger charge is -2.13. The number of pyridine rings is 1. The van der Waals surface area contributed by atoms with E-state index in [2.05, 4.69) is 9.71 Å². The number of nitrogens with one attached hydrogen (secondary N) is 1. The molecule has 1 N–H and O–H groups in total. The Morgan fingerprint density at radius 3 is 2.67 bits per heavy atom. The summed E-state index contributed by atoms with van der Waals surface area (Å²) in [5.41, 5.74) is 0. The van der Waals surface area contributed by atoms with E-state index >= 15 is 0 Å². The van der Waals surface area contributed by atoms with Gasteiger partial charge in [0.2, 0.25) is 10.0 Å². The Hall–Kier alpha value is -0.500. The van der Waals surface area contributed by atoms with E-state index in [1.165, 1.54) is 18.3 Å². The molecule has 0 saturated heterocycles. The van der Waals surface area contributed by atoms with Gasteiger partial charge in [0.15, 0.2) is 0 Å². The number of rotatable bonds is 6. The van der Waals surface area contributed by atoms with Crippen LogP contribution in [0.5, 0.6) is 0 Å². The van der Waals surface area contributed by atoms with Crippen molar-refractivity contribution >= 4 is 32.4 Å². The normalized spacial score (nSPS) is 15.3. The molecule has 0 fully saturated rings. The summed E-state index contributed by atoms with van der Waals surface area (Å²) in [6, 6.07) is 2.53. The highest BCUT2D eigenvalue weighted by Crippen LogP contribution is 2.11. The Bertz CT molecular complexity index is 516. The molecule has 0 amide bonds. The van der Waals surface area contributed by atoms with Crippen molar-refractivity contribution in [2.24, 2.45) is 0 Å². The molecule has 0 saturated carbocycles. The number of hydrogen-bond donors (Lipinski definition) is 1. The second-order valence-electron chi connectivity index (χ2n) is 3.90. The smallest absolute Gasteiger partial charge is 0.242 e. The number of halogens is 1. The van der Waals surface area contributed by atoms with Crippen LogP contribution in [0.2, 0.25) is 5.15 Å². The van der Waals surface area contributed by atoms with Gasteiger partial charge in [-0.25, -0.2) is 18.1 Å². The summed E-state index contributed by atoms with van der Waals surface area (Å²) in [6.45, 7) is 1.73. The summed E-state index contributed by atoms with van der Waals surface area (Å²) in [4.78, 5) is 3.79. The van der Waals surface area contributed by atoms with Crippen LogP contribution in [0.15, 0.2) is 23.2 Å². The molecule has 1 heterocycles. The monoisotopic (exact) mass is 310 g/mol. The predicted molar refractivity (Wildman–Crippen MR) is 72.6 cm³/mol. The van der Waals surface area contributed by atoms with Crippen LogP contribution in [0.25, 0.3) is 0 Å². The van der Waals surface area contributed by atoms with Crippen molar-refractivity contribution in [3.63, 3.8) is 0 Å². The van der Waals surface area contributed by atoms with Gasteiger partial charge in [0, 0.05) is 35.0 Å². The molecule has 1 aromatic heterocycles.